The number of nitrogens with one attached hydrogen (secondary N) is 1. The largest absolute Gasteiger partial charge is 0.395 e. The van der Waals surface area contributed by atoms with Crippen LogP contribution in [-0.4, -0.2) is 40.1 Å². The number of carbonyl (C=O) groups excluding carboxylic acids is 1. The second-order valence-electron chi connectivity index (χ2n) is 4.12. The van der Waals surface area contributed by atoms with Crippen molar-refractivity contribution in [3.8, 4) is 0 Å². The molecule has 0 aliphatic heterocycles. The highest BCUT2D eigenvalue weighted by Gasteiger charge is 2.34. The third kappa shape index (κ3) is 2.72. The number of hydrogen-bond acceptors (Lipinski definition) is 5. The molecule has 1 aliphatic rings. The molecule has 1 aromatic rings. The number of rotatable bonds is 5. The van der Waals surface area contributed by atoms with E-state index in [1.54, 1.807) is 17.0 Å². The number of nitrogens with zero attached hydrogens (tertiary/aromatic N) is 2. The second-order valence-corrected chi connectivity index (χ2v) is 4.53. The fourth-order valence-corrected chi connectivity index (χ4v) is 1.94. The molecule has 0 aromatic carbocycles. The summed E-state index contributed by atoms with van der Waals surface area (Å²) in [4.78, 5) is 18.0. The molecule has 0 spiro atoms. The maximum Gasteiger partial charge on any atom is 0.274 e. The van der Waals surface area contributed by atoms with Crippen LogP contribution in [0.15, 0.2) is 12.1 Å². The molecule has 0 radical (unpaired) electrons. The van der Waals surface area contributed by atoms with Crippen LogP contribution >= 0.6 is 11.6 Å². The number of amides is 1. The van der Waals surface area contributed by atoms with Crippen LogP contribution in [0.1, 0.15) is 23.3 Å². The molecule has 1 aliphatic carbocycles. The molecule has 4 N–H and O–H groups in total. The summed E-state index contributed by atoms with van der Waals surface area (Å²) in [5.41, 5.74) is 2.54. The molecule has 0 saturated heterocycles. The van der Waals surface area contributed by atoms with Crippen molar-refractivity contribution in [3.63, 3.8) is 0 Å². The number of hydrogen-bond donors (Lipinski definition) is 3. The molecule has 1 saturated carbocycles. The van der Waals surface area contributed by atoms with E-state index in [0.29, 0.717) is 12.4 Å². The topological polar surface area (TPSA) is 91.5 Å². The maximum absolute atomic E-state index is 12.3. The summed E-state index contributed by atoms with van der Waals surface area (Å²) in [6.45, 7) is 0.219. The standard InChI is InChI=1S/C11H15ClN4O2/c12-8-3-4-9(15-13)14-10(8)11(18)16(5-6-17)7-1-2-7/h3-4,7,17H,1-2,5-6,13H2,(H,14,15). The molecule has 2 rings (SSSR count). The molecule has 1 heterocycles. The van der Waals surface area contributed by atoms with Crippen molar-refractivity contribution in [3.05, 3.63) is 22.8 Å². The van der Waals surface area contributed by atoms with Crippen LogP contribution in [0.25, 0.3) is 0 Å². The third-order valence-electron chi connectivity index (χ3n) is 2.79. The van der Waals surface area contributed by atoms with Crippen molar-refractivity contribution in [2.75, 3.05) is 18.6 Å². The number of aliphatic hydroxyl groups is 1. The lowest BCUT2D eigenvalue weighted by molar-refractivity contribution is 0.0702. The average molecular weight is 271 g/mol. The lowest BCUT2D eigenvalue weighted by Gasteiger charge is -2.21. The summed E-state index contributed by atoms with van der Waals surface area (Å²) in [5, 5.41) is 9.28. The minimum Gasteiger partial charge on any atom is -0.395 e. The minimum atomic E-state index is -0.270. The fourth-order valence-electron chi connectivity index (χ4n) is 1.75. The van der Waals surface area contributed by atoms with Crippen LogP contribution < -0.4 is 11.3 Å². The molecule has 7 heteroatoms. The van der Waals surface area contributed by atoms with Gasteiger partial charge in [-0.2, -0.15) is 0 Å². The summed E-state index contributed by atoms with van der Waals surface area (Å²) >= 11 is 5.98. The molecule has 6 nitrogen and oxygen atoms in total. The van der Waals surface area contributed by atoms with E-state index in [1.807, 2.05) is 0 Å². The van der Waals surface area contributed by atoms with Crippen molar-refractivity contribution < 1.29 is 9.90 Å². The Morgan fingerprint density at radius 1 is 1.61 bits per heavy atom. The lowest BCUT2D eigenvalue weighted by Crippen LogP contribution is -2.36. The zero-order chi connectivity index (χ0) is 13.1. The first kappa shape index (κ1) is 13.1. The number of nitrogen functional groups attached to an aromatic ring is 1. The van der Waals surface area contributed by atoms with Gasteiger partial charge in [0.25, 0.3) is 5.91 Å². The van der Waals surface area contributed by atoms with E-state index in [2.05, 4.69) is 10.4 Å². The number of carbonyl (C=O) groups is 1. The zero-order valence-electron chi connectivity index (χ0n) is 9.77. The van der Waals surface area contributed by atoms with Gasteiger partial charge in [0.1, 0.15) is 11.5 Å². The van der Waals surface area contributed by atoms with Gasteiger partial charge >= 0.3 is 0 Å². The Kier molecular flexibility index (Phi) is 4.00. The van der Waals surface area contributed by atoms with Gasteiger partial charge in [-0.3, -0.25) is 4.79 Å². The highest BCUT2D eigenvalue weighted by molar-refractivity contribution is 6.33. The van der Waals surface area contributed by atoms with Crippen LogP contribution in [0, 0.1) is 0 Å². The van der Waals surface area contributed by atoms with Gasteiger partial charge in [0.15, 0.2) is 0 Å². The van der Waals surface area contributed by atoms with Gasteiger partial charge in [-0.1, -0.05) is 11.6 Å². The Labute approximate surface area is 110 Å². The van der Waals surface area contributed by atoms with Gasteiger partial charge in [0.05, 0.1) is 11.6 Å². The van der Waals surface area contributed by atoms with Crippen LogP contribution in [0.4, 0.5) is 5.82 Å². The van der Waals surface area contributed by atoms with Gasteiger partial charge in [-0.05, 0) is 25.0 Å². The molecule has 18 heavy (non-hydrogen) atoms. The van der Waals surface area contributed by atoms with Gasteiger partial charge in [-0.25, -0.2) is 10.8 Å². The monoisotopic (exact) mass is 270 g/mol. The summed E-state index contributed by atoms with van der Waals surface area (Å²) < 4.78 is 0. The maximum atomic E-state index is 12.3. The number of pyridine rings is 1. The number of aliphatic hydroxyl groups excluding tert-OH is 1. The lowest BCUT2D eigenvalue weighted by atomic mass is 10.3. The van der Waals surface area contributed by atoms with Crippen molar-refractivity contribution in [1.82, 2.24) is 9.88 Å². The van der Waals surface area contributed by atoms with E-state index in [1.165, 1.54) is 0 Å². The van der Waals surface area contributed by atoms with Crippen LogP contribution in [-0.2, 0) is 0 Å². The number of halogens is 1. The predicted octanol–water partition coefficient (Wildman–Crippen LogP) is 0.618. The quantitative estimate of drug-likeness (QED) is 0.539. The molecular weight excluding hydrogens is 256 g/mol. The normalized spacial score (nSPS) is 14.4. The Morgan fingerprint density at radius 2 is 2.33 bits per heavy atom. The molecule has 0 bridgehead atoms. The Morgan fingerprint density at radius 3 is 2.89 bits per heavy atom. The van der Waals surface area contributed by atoms with Crippen molar-refractivity contribution in [2.45, 2.75) is 18.9 Å². The second kappa shape index (κ2) is 5.51. The van der Waals surface area contributed by atoms with E-state index in [4.69, 9.17) is 22.6 Å². The molecular formula is C11H15ClN4O2. The number of nitrogens with two attached hydrogens (primary N) is 1. The summed E-state index contributed by atoms with van der Waals surface area (Å²) in [7, 11) is 0. The highest BCUT2D eigenvalue weighted by atomic mass is 35.5. The Balaban J connectivity index is 2.25. The van der Waals surface area contributed by atoms with Crippen LogP contribution in [0.5, 0.6) is 0 Å². The predicted molar refractivity (Wildman–Crippen MR) is 68.2 cm³/mol. The van der Waals surface area contributed by atoms with Gasteiger partial charge in [0.2, 0.25) is 0 Å². The van der Waals surface area contributed by atoms with Crippen molar-refractivity contribution in [1.29, 1.82) is 0 Å². The highest BCUT2D eigenvalue weighted by Crippen LogP contribution is 2.29. The fraction of sp³-hybridized carbons (Fsp3) is 0.455. The smallest absolute Gasteiger partial charge is 0.274 e. The summed E-state index contributed by atoms with van der Waals surface area (Å²) in [6, 6.07) is 3.35. The number of anilines is 1. The summed E-state index contributed by atoms with van der Waals surface area (Å²) in [6.07, 6.45) is 1.91. The molecule has 1 fully saturated rings. The van der Waals surface area contributed by atoms with Gasteiger partial charge in [-0.15, -0.1) is 0 Å². The molecule has 98 valence electrons. The van der Waals surface area contributed by atoms with E-state index in [-0.39, 0.29) is 29.3 Å². The molecule has 1 amide bonds. The number of aromatic nitrogens is 1. The van der Waals surface area contributed by atoms with Crippen LogP contribution in [0.3, 0.4) is 0 Å². The molecule has 1 aromatic heterocycles. The Bertz CT molecular complexity index is 451. The zero-order valence-corrected chi connectivity index (χ0v) is 10.5. The van der Waals surface area contributed by atoms with Crippen LogP contribution in [0.2, 0.25) is 5.02 Å². The average Bonchev–Trinajstić information content (AvgIpc) is 3.20. The minimum absolute atomic E-state index is 0.0747. The van der Waals surface area contributed by atoms with E-state index >= 15 is 0 Å². The first-order valence-electron chi connectivity index (χ1n) is 5.72. The third-order valence-corrected chi connectivity index (χ3v) is 3.09. The Hall–Kier alpha value is -1.37. The first-order valence-corrected chi connectivity index (χ1v) is 6.10. The number of hydrazine groups is 1. The summed E-state index contributed by atoms with van der Waals surface area (Å²) in [5.74, 6) is 5.36. The first-order chi connectivity index (χ1) is 8.67. The van der Waals surface area contributed by atoms with Crippen molar-refractivity contribution >= 4 is 23.3 Å². The molecule has 0 unspecified atom stereocenters. The van der Waals surface area contributed by atoms with E-state index < -0.39 is 0 Å². The van der Waals surface area contributed by atoms with E-state index in [9.17, 15) is 4.79 Å². The molecule has 0 atom stereocenters. The van der Waals surface area contributed by atoms with Crippen molar-refractivity contribution in [2.24, 2.45) is 5.84 Å². The SMILES string of the molecule is NNc1ccc(Cl)c(C(=O)N(CCO)C2CC2)n1. The van der Waals surface area contributed by atoms with E-state index in [0.717, 1.165) is 12.8 Å². The van der Waals surface area contributed by atoms with Gasteiger partial charge < -0.3 is 15.4 Å². The van der Waals surface area contributed by atoms with Gasteiger partial charge in [0, 0.05) is 12.6 Å².